The molecule has 2 unspecified atom stereocenters. The van der Waals surface area contributed by atoms with E-state index in [-0.39, 0.29) is 18.9 Å². The molecule has 0 spiro atoms. The maximum Gasteiger partial charge on any atom is 0.314 e. The van der Waals surface area contributed by atoms with Gasteiger partial charge in [0.2, 0.25) is 5.91 Å². The van der Waals surface area contributed by atoms with Gasteiger partial charge in [-0.1, -0.05) is 24.3 Å². The Labute approximate surface area is 128 Å². The number of amides is 1. The van der Waals surface area contributed by atoms with Gasteiger partial charge < -0.3 is 20.6 Å². The molecule has 1 aliphatic rings. The summed E-state index contributed by atoms with van der Waals surface area (Å²) in [7, 11) is 0. The molecule has 4 N–H and O–H groups in total. The lowest BCUT2D eigenvalue weighted by atomic mass is 9.93. The Hall–Kier alpha value is -1.92. The smallest absolute Gasteiger partial charge is 0.314 e. The molecule has 120 valence electrons. The summed E-state index contributed by atoms with van der Waals surface area (Å²) in [6.07, 6.45) is -0.566. The molecule has 0 aromatic heterocycles. The molecule has 0 aliphatic heterocycles. The highest BCUT2D eigenvalue weighted by atomic mass is 16.4. The van der Waals surface area contributed by atoms with Gasteiger partial charge in [0, 0.05) is 13.5 Å². The number of aliphatic carboxylic acids is 1. The summed E-state index contributed by atoms with van der Waals surface area (Å²) in [5.41, 5.74) is 0.483. The fourth-order valence-corrected chi connectivity index (χ4v) is 2.53. The minimum absolute atomic E-state index is 0.186. The minimum Gasteiger partial charge on any atom is -0.481 e. The summed E-state index contributed by atoms with van der Waals surface area (Å²) in [5.74, 6) is -1.01. The first-order valence-electron chi connectivity index (χ1n) is 7.31. The SMILES string of the molecule is CC(=O)NCCC(O)C(O)c1ccc(C2(C(=O)O)CC2)cc1. The number of carboxylic acid groups (broad SMARTS) is 1. The minimum atomic E-state index is -1.07. The normalized spacial score (nSPS) is 18.3. The first-order valence-corrected chi connectivity index (χ1v) is 7.31. The van der Waals surface area contributed by atoms with Crippen molar-refractivity contribution < 1.29 is 24.9 Å². The van der Waals surface area contributed by atoms with Crippen LogP contribution < -0.4 is 5.32 Å². The van der Waals surface area contributed by atoms with Crippen LogP contribution in [0.1, 0.15) is 43.4 Å². The number of carboxylic acids is 1. The fraction of sp³-hybridized carbons (Fsp3) is 0.500. The zero-order valence-electron chi connectivity index (χ0n) is 12.5. The number of benzene rings is 1. The fourth-order valence-electron chi connectivity index (χ4n) is 2.53. The second-order valence-corrected chi connectivity index (χ2v) is 5.79. The molecule has 0 saturated heterocycles. The van der Waals surface area contributed by atoms with Crippen LogP contribution in [-0.2, 0) is 15.0 Å². The van der Waals surface area contributed by atoms with Gasteiger partial charge in [0.1, 0.15) is 6.10 Å². The molecule has 22 heavy (non-hydrogen) atoms. The van der Waals surface area contributed by atoms with Crippen molar-refractivity contribution in [1.82, 2.24) is 5.32 Å². The zero-order valence-corrected chi connectivity index (χ0v) is 12.5. The van der Waals surface area contributed by atoms with E-state index in [1.807, 2.05) is 0 Å². The number of rotatable bonds is 7. The first kappa shape index (κ1) is 16.5. The van der Waals surface area contributed by atoms with E-state index in [1.54, 1.807) is 24.3 Å². The van der Waals surface area contributed by atoms with Crippen molar-refractivity contribution >= 4 is 11.9 Å². The van der Waals surface area contributed by atoms with E-state index in [9.17, 15) is 24.9 Å². The van der Waals surface area contributed by atoms with Gasteiger partial charge in [-0.05, 0) is 30.4 Å². The lowest BCUT2D eigenvalue weighted by molar-refractivity contribution is -0.140. The Balaban J connectivity index is 1.98. The maximum atomic E-state index is 11.3. The van der Waals surface area contributed by atoms with Crippen LogP contribution in [0.15, 0.2) is 24.3 Å². The Bertz CT molecular complexity index is 550. The Morgan fingerprint density at radius 3 is 2.27 bits per heavy atom. The highest BCUT2D eigenvalue weighted by Crippen LogP contribution is 2.48. The molecule has 1 fully saturated rings. The summed E-state index contributed by atoms with van der Waals surface area (Å²) >= 11 is 0. The first-order chi connectivity index (χ1) is 10.4. The number of hydrogen-bond donors (Lipinski definition) is 4. The number of hydrogen-bond acceptors (Lipinski definition) is 4. The third-order valence-corrected chi connectivity index (χ3v) is 4.14. The van der Waals surface area contributed by atoms with Crippen LogP contribution in [-0.4, -0.2) is 39.8 Å². The van der Waals surface area contributed by atoms with Gasteiger partial charge >= 0.3 is 5.97 Å². The number of carbonyl (C=O) groups is 2. The average Bonchev–Trinajstić information content (AvgIpc) is 3.28. The van der Waals surface area contributed by atoms with Crippen molar-refractivity contribution in [3.63, 3.8) is 0 Å². The molecule has 0 heterocycles. The van der Waals surface area contributed by atoms with Crippen LogP contribution in [0.2, 0.25) is 0 Å². The van der Waals surface area contributed by atoms with Crippen molar-refractivity contribution in [2.45, 2.75) is 43.8 Å². The molecule has 6 nitrogen and oxygen atoms in total. The number of carbonyl (C=O) groups excluding carboxylic acids is 1. The van der Waals surface area contributed by atoms with Gasteiger partial charge in [-0.15, -0.1) is 0 Å². The lowest BCUT2D eigenvalue weighted by Crippen LogP contribution is -2.27. The van der Waals surface area contributed by atoms with Crippen LogP contribution in [0.3, 0.4) is 0 Å². The van der Waals surface area contributed by atoms with Crippen LogP contribution >= 0.6 is 0 Å². The van der Waals surface area contributed by atoms with Gasteiger partial charge in [0.15, 0.2) is 0 Å². The second-order valence-electron chi connectivity index (χ2n) is 5.79. The lowest BCUT2D eigenvalue weighted by Gasteiger charge is -2.19. The summed E-state index contributed by atoms with van der Waals surface area (Å²) in [6, 6.07) is 6.68. The molecule has 1 aromatic rings. The van der Waals surface area contributed by atoms with E-state index in [4.69, 9.17) is 0 Å². The van der Waals surface area contributed by atoms with Crippen LogP contribution in [0.4, 0.5) is 0 Å². The second kappa shape index (κ2) is 6.46. The number of aliphatic hydroxyl groups is 2. The molecule has 0 radical (unpaired) electrons. The average molecular weight is 307 g/mol. The molecule has 2 atom stereocenters. The summed E-state index contributed by atoms with van der Waals surface area (Å²) in [5, 5.41) is 31.8. The highest BCUT2D eigenvalue weighted by molar-refractivity contribution is 5.84. The van der Waals surface area contributed by atoms with Gasteiger partial charge in [0.05, 0.1) is 11.5 Å². The third kappa shape index (κ3) is 3.45. The van der Waals surface area contributed by atoms with E-state index in [0.717, 1.165) is 5.56 Å². The van der Waals surface area contributed by atoms with Gasteiger partial charge in [-0.25, -0.2) is 0 Å². The molecule has 0 bridgehead atoms. The number of nitrogens with one attached hydrogen (secondary N) is 1. The standard InChI is InChI=1S/C16H21NO5/c1-10(18)17-9-6-13(19)14(20)11-2-4-12(5-3-11)16(7-8-16)15(21)22/h2-5,13-14,19-20H,6-9H2,1H3,(H,17,18)(H,21,22). The molecular weight excluding hydrogens is 286 g/mol. The number of aliphatic hydroxyl groups excluding tert-OH is 2. The van der Waals surface area contributed by atoms with E-state index < -0.39 is 23.6 Å². The van der Waals surface area contributed by atoms with Crippen molar-refractivity contribution in [3.05, 3.63) is 35.4 Å². The van der Waals surface area contributed by atoms with Crippen LogP contribution in [0.25, 0.3) is 0 Å². The van der Waals surface area contributed by atoms with E-state index >= 15 is 0 Å². The quantitative estimate of drug-likeness (QED) is 0.594. The molecule has 2 rings (SSSR count). The topological polar surface area (TPSA) is 107 Å². The van der Waals surface area contributed by atoms with Gasteiger partial charge in [-0.3, -0.25) is 9.59 Å². The van der Waals surface area contributed by atoms with Crippen molar-refractivity contribution in [1.29, 1.82) is 0 Å². The largest absolute Gasteiger partial charge is 0.481 e. The Morgan fingerprint density at radius 1 is 1.23 bits per heavy atom. The maximum absolute atomic E-state index is 11.3. The predicted molar refractivity (Wildman–Crippen MR) is 79.3 cm³/mol. The molecule has 1 aromatic carbocycles. The summed E-state index contributed by atoms with van der Waals surface area (Å²) in [4.78, 5) is 22.0. The summed E-state index contributed by atoms with van der Waals surface area (Å²) in [6.45, 7) is 1.67. The summed E-state index contributed by atoms with van der Waals surface area (Å²) < 4.78 is 0. The van der Waals surface area contributed by atoms with E-state index in [1.165, 1.54) is 6.92 Å². The Kier molecular flexibility index (Phi) is 4.83. The van der Waals surface area contributed by atoms with Crippen molar-refractivity contribution in [3.8, 4) is 0 Å². The molecule has 1 amide bonds. The third-order valence-electron chi connectivity index (χ3n) is 4.14. The predicted octanol–water partition coefficient (Wildman–Crippen LogP) is 0.723. The molecule has 1 saturated carbocycles. The van der Waals surface area contributed by atoms with Crippen molar-refractivity contribution in [2.75, 3.05) is 6.54 Å². The van der Waals surface area contributed by atoms with E-state index in [0.29, 0.717) is 18.4 Å². The van der Waals surface area contributed by atoms with Crippen molar-refractivity contribution in [2.24, 2.45) is 0 Å². The molecule has 6 heteroatoms. The van der Waals surface area contributed by atoms with Crippen LogP contribution in [0, 0.1) is 0 Å². The van der Waals surface area contributed by atoms with E-state index in [2.05, 4.69) is 5.32 Å². The zero-order chi connectivity index (χ0) is 16.3. The van der Waals surface area contributed by atoms with Crippen LogP contribution in [0.5, 0.6) is 0 Å². The van der Waals surface area contributed by atoms with Gasteiger partial charge in [0.25, 0.3) is 0 Å². The van der Waals surface area contributed by atoms with Gasteiger partial charge in [-0.2, -0.15) is 0 Å². The highest BCUT2D eigenvalue weighted by Gasteiger charge is 2.51. The molecule has 1 aliphatic carbocycles. The molecular formula is C16H21NO5. The Morgan fingerprint density at radius 2 is 1.82 bits per heavy atom. The monoisotopic (exact) mass is 307 g/mol.